The molecule has 0 spiro atoms. The van der Waals surface area contributed by atoms with Gasteiger partial charge >= 0.3 is 5.69 Å². The van der Waals surface area contributed by atoms with Gasteiger partial charge in [-0.3, -0.25) is 14.9 Å². The number of nitro groups is 1. The van der Waals surface area contributed by atoms with Gasteiger partial charge in [-0.05, 0) is 43.2 Å². The number of aromatic hydroxyl groups is 1. The van der Waals surface area contributed by atoms with Crippen LogP contribution in [0.25, 0.3) is 0 Å². The fraction of sp³-hybridized carbons (Fsp3) is 0.133. The van der Waals surface area contributed by atoms with Crippen molar-refractivity contribution in [2.45, 2.75) is 13.8 Å². The van der Waals surface area contributed by atoms with Crippen molar-refractivity contribution in [1.29, 1.82) is 0 Å². The van der Waals surface area contributed by atoms with E-state index in [1.165, 1.54) is 6.07 Å². The van der Waals surface area contributed by atoms with Crippen molar-refractivity contribution in [2.75, 3.05) is 5.32 Å². The highest BCUT2D eigenvalue weighted by Crippen LogP contribution is 2.27. The third kappa shape index (κ3) is 3.00. The molecule has 0 heterocycles. The Morgan fingerprint density at radius 1 is 1.24 bits per heavy atom. The fourth-order valence-electron chi connectivity index (χ4n) is 1.90. The van der Waals surface area contributed by atoms with Gasteiger partial charge in [0.25, 0.3) is 5.91 Å². The number of amides is 1. The maximum atomic E-state index is 12.1. The Morgan fingerprint density at radius 2 is 1.95 bits per heavy atom. The quantitative estimate of drug-likeness (QED) is 0.669. The van der Waals surface area contributed by atoms with Crippen LogP contribution in [0.5, 0.6) is 5.75 Å². The van der Waals surface area contributed by atoms with Crippen LogP contribution in [0, 0.1) is 24.0 Å². The van der Waals surface area contributed by atoms with Crippen LogP contribution in [0.4, 0.5) is 11.4 Å². The van der Waals surface area contributed by atoms with E-state index >= 15 is 0 Å². The Balaban J connectivity index is 2.27. The molecule has 0 radical (unpaired) electrons. The molecule has 6 heteroatoms. The molecule has 0 aliphatic heterocycles. The molecule has 0 fully saturated rings. The van der Waals surface area contributed by atoms with Crippen LogP contribution in [0.3, 0.4) is 0 Å². The van der Waals surface area contributed by atoms with Crippen molar-refractivity contribution < 1.29 is 14.8 Å². The Hall–Kier alpha value is -2.89. The number of nitrogens with one attached hydrogen (secondary N) is 1. The van der Waals surface area contributed by atoms with E-state index in [-0.39, 0.29) is 5.56 Å². The predicted molar refractivity (Wildman–Crippen MR) is 78.6 cm³/mol. The number of anilines is 1. The van der Waals surface area contributed by atoms with E-state index in [2.05, 4.69) is 5.32 Å². The van der Waals surface area contributed by atoms with Gasteiger partial charge in [0, 0.05) is 17.3 Å². The zero-order valence-electron chi connectivity index (χ0n) is 11.6. The van der Waals surface area contributed by atoms with E-state index in [9.17, 15) is 20.0 Å². The standard InChI is InChI=1S/C15H14N2O4/c1-9-4-3-5-12(10(9)2)16-15(19)11-6-7-13(17(20)21)14(18)8-11/h3-8,18H,1-2H3,(H,16,19). The molecule has 2 aromatic rings. The molecule has 2 N–H and O–H groups in total. The molecular formula is C15H14N2O4. The summed E-state index contributed by atoms with van der Waals surface area (Å²) in [6.45, 7) is 3.82. The Labute approximate surface area is 121 Å². The number of carbonyl (C=O) groups is 1. The molecule has 0 aliphatic rings. The van der Waals surface area contributed by atoms with Crippen LogP contribution >= 0.6 is 0 Å². The van der Waals surface area contributed by atoms with E-state index in [4.69, 9.17) is 0 Å². The largest absolute Gasteiger partial charge is 0.502 e. The number of carbonyl (C=O) groups excluding carboxylic acids is 1. The number of hydrogen-bond acceptors (Lipinski definition) is 4. The van der Waals surface area contributed by atoms with Crippen LogP contribution in [0.15, 0.2) is 36.4 Å². The third-order valence-corrected chi connectivity index (χ3v) is 3.29. The van der Waals surface area contributed by atoms with E-state index in [0.717, 1.165) is 23.3 Å². The molecule has 108 valence electrons. The van der Waals surface area contributed by atoms with E-state index in [1.807, 2.05) is 26.0 Å². The van der Waals surface area contributed by atoms with Crippen molar-refractivity contribution >= 4 is 17.3 Å². The summed E-state index contributed by atoms with van der Waals surface area (Å²) in [7, 11) is 0. The van der Waals surface area contributed by atoms with Crippen molar-refractivity contribution in [3.05, 3.63) is 63.2 Å². The lowest BCUT2D eigenvalue weighted by Crippen LogP contribution is -2.13. The maximum Gasteiger partial charge on any atom is 0.310 e. The van der Waals surface area contributed by atoms with Gasteiger partial charge in [0.1, 0.15) is 0 Å². The second-order valence-corrected chi connectivity index (χ2v) is 4.66. The molecule has 21 heavy (non-hydrogen) atoms. The maximum absolute atomic E-state index is 12.1. The van der Waals surface area contributed by atoms with Crippen molar-refractivity contribution in [3.8, 4) is 5.75 Å². The van der Waals surface area contributed by atoms with Crippen LogP contribution in [0.2, 0.25) is 0 Å². The summed E-state index contributed by atoms with van der Waals surface area (Å²) >= 11 is 0. The Bertz CT molecular complexity index is 726. The molecule has 2 aromatic carbocycles. The first-order chi connectivity index (χ1) is 9.90. The first-order valence-electron chi connectivity index (χ1n) is 6.25. The zero-order chi connectivity index (χ0) is 15.6. The highest BCUT2D eigenvalue weighted by atomic mass is 16.6. The summed E-state index contributed by atoms with van der Waals surface area (Å²) in [5, 5.41) is 22.9. The lowest BCUT2D eigenvalue weighted by atomic mass is 10.1. The highest BCUT2D eigenvalue weighted by molar-refractivity contribution is 6.05. The monoisotopic (exact) mass is 286 g/mol. The smallest absolute Gasteiger partial charge is 0.310 e. The molecule has 0 saturated carbocycles. The molecule has 6 nitrogen and oxygen atoms in total. The van der Waals surface area contributed by atoms with Gasteiger partial charge in [-0.2, -0.15) is 0 Å². The van der Waals surface area contributed by atoms with Crippen molar-refractivity contribution in [3.63, 3.8) is 0 Å². The molecular weight excluding hydrogens is 272 g/mol. The number of nitrogens with zero attached hydrogens (tertiary/aromatic N) is 1. The molecule has 0 aliphatic carbocycles. The average molecular weight is 286 g/mol. The van der Waals surface area contributed by atoms with Crippen LogP contribution in [-0.4, -0.2) is 15.9 Å². The summed E-state index contributed by atoms with van der Waals surface area (Å²) < 4.78 is 0. The van der Waals surface area contributed by atoms with Crippen LogP contribution in [0.1, 0.15) is 21.5 Å². The molecule has 0 unspecified atom stereocenters. The lowest BCUT2D eigenvalue weighted by Gasteiger charge is -2.10. The van der Waals surface area contributed by atoms with Crippen molar-refractivity contribution in [2.24, 2.45) is 0 Å². The normalized spacial score (nSPS) is 10.2. The SMILES string of the molecule is Cc1cccc(NC(=O)c2ccc([N+](=O)[O-])c(O)c2)c1C. The summed E-state index contributed by atoms with van der Waals surface area (Å²) in [6, 6.07) is 9.02. The van der Waals surface area contributed by atoms with Gasteiger partial charge in [0.15, 0.2) is 5.75 Å². The number of phenolic OH excluding ortho intramolecular Hbond substituents is 1. The summed E-state index contributed by atoms with van der Waals surface area (Å²) in [5.41, 5.74) is 2.37. The molecule has 0 saturated heterocycles. The van der Waals surface area contributed by atoms with Crippen LogP contribution < -0.4 is 5.32 Å². The molecule has 0 atom stereocenters. The van der Waals surface area contributed by atoms with E-state index < -0.39 is 22.3 Å². The minimum Gasteiger partial charge on any atom is -0.502 e. The Kier molecular flexibility index (Phi) is 3.89. The molecule has 0 bridgehead atoms. The fourth-order valence-corrected chi connectivity index (χ4v) is 1.90. The molecule has 2 rings (SSSR count). The number of aryl methyl sites for hydroxylation is 1. The second-order valence-electron chi connectivity index (χ2n) is 4.66. The van der Waals surface area contributed by atoms with Gasteiger partial charge in [0.2, 0.25) is 0 Å². The predicted octanol–water partition coefficient (Wildman–Crippen LogP) is 3.17. The minimum atomic E-state index is -0.707. The van der Waals surface area contributed by atoms with E-state index in [1.54, 1.807) is 6.07 Å². The van der Waals surface area contributed by atoms with Gasteiger partial charge in [-0.1, -0.05) is 12.1 Å². The summed E-state index contributed by atoms with van der Waals surface area (Å²) in [4.78, 5) is 22.0. The number of nitro benzene ring substituents is 1. The minimum absolute atomic E-state index is 0.152. The first kappa shape index (κ1) is 14.5. The zero-order valence-corrected chi connectivity index (χ0v) is 11.6. The van der Waals surface area contributed by atoms with Crippen LogP contribution in [-0.2, 0) is 0 Å². The first-order valence-corrected chi connectivity index (χ1v) is 6.25. The molecule has 0 aromatic heterocycles. The second kappa shape index (κ2) is 5.62. The summed E-state index contributed by atoms with van der Waals surface area (Å²) in [5.74, 6) is -0.970. The average Bonchev–Trinajstić information content (AvgIpc) is 2.43. The number of rotatable bonds is 3. The third-order valence-electron chi connectivity index (χ3n) is 3.29. The van der Waals surface area contributed by atoms with Gasteiger partial charge in [0.05, 0.1) is 4.92 Å². The van der Waals surface area contributed by atoms with E-state index in [0.29, 0.717) is 5.69 Å². The Morgan fingerprint density at radius 3 is 2.57 bits per heavy atom. The van der Waals surface area contributed by atoms with Gasteiger partial charge < -0.3 is 10.4 Å². The lowest BCUT2D eigenvalue weighted by molar-refractivity contribution is -0.385. The topological polar surface area (TPSA) is 92.5 Å². The van der Waals surface area contributed by atoms with Crippen molar-refractivity contribution in [1.82, 2.24) is 0 Å². The highest BCUT2D eigenvalue weighted by Gasteiger charge is 2.16. The van der Waals surface area contributed by atoms with Gasteiger partial charge in [-0.25, -0.2) is 0 Å². The number of phenols is 1. The molecule has 1 amide bonds. The van der Waals surface area contributed by atoms with Gasteiger partial charge in [-0.15, -0.1) is 0 Å². The summed E-state index contributed by atoms with van der Waals surface area (Å²) in [6.07, 6.45) is 0. The number of benzene rings is 2. The number of hydrogen-bond donors (Lipinski definition) is 2.